The number of nitrogens with zero attached hydrogens (tertiary/aromatic N) is 3. The molecule has 0 radical (unpaired) electrons. The maximum atomic E-state index is 11.0. The third-order valence-corrected chi connectivity index (χ3v) is 3.36. The van der Waals surface area contributed by atoms with Crippen LogP contribution in [0.2, 0.25) is 0 Å². The Kier molecular flexibility index (Phi) is 3.94. The van der Waals surface area contributed by atoms with Gasteiger partial charge in [0.05, 0.1) is 10.5 Å². The van der Waals surface area contributed by atoms with Gasteiger partial charge in [0.25, 0.3) is 0 Å². The molecular formula is C12H9N3O4S. The highest BCUT2D eigenvalue weighted by Crippen LogP contribution is 2.27. The highest BCUT2D eigenvalue weighted by Gasteiger charge is 2.11. The van der Waals surface area contributed by atoms with Crippen LogP contribution in [0.15, 0.2) is 40.6 Å². The Balaban J connectivity index is 2.23. The van der Waals surface area contributed by atoms with Crippen molar-refractivity contribution in [2.75, 3.05) is 0 Å². The second kappa shape index (κ2) is 5.66. The SMILES string of the molecule is Cc1ccc(Sc2ncc([N+](=O)[O-])cn2)cc1C(=O)O. The Hall–Kier alpha value is -2.48. The average Bonchev–Trinajstić information content (AvgIpc) is 2.41. The molecule has 0 atom stereocenters. The Labute approximate surface area is 117 Å². The van der Waals surface area contributed by atoms with E-state index < -0.39 is 10.9 Å². The van der Waals surface area contributed by atoms with Crippen molar-refractivity contribution in [3.05, 3.63) is 51.8 Å². The summed E-state index contributed by atoms with van der Waals surface area (Å²) in [6.45, 7) is 1.71. The minimum Gasteiger partial charge on any atom is -0.478 e. The number of nitro groups is 1. The first-order chi connectivity index (χ1) is 9.47. The van der Waals surface area contributed by atoms with Gasteiger partial charge >= 0.3 is 11.7 Å². The van der Waals surface area contributed by atoms with E-state index in [2.05, 4.69) is 9.97 Å². The predicted octanol–water partition coefficient (Wildman–Crippen LogP) is 2.54. The van der Waals surface area contributed by atoms with Crippen molar-refractivity contribution >= 4 is 23.4 Å². The molecule has 0 aliphatic heterocycles. The summed E-state index contributed by atoms with van der Waals surface area (Å²) in [5.74, 6) is -1.01. The van der Waals surface area contributed by atoms with Gasteiger partial charge < -0.3 is 5.11 Å². The van der Waals surface area contributed by atoms with Gasteiger partial charge in [-0.3, -0.25) is 10.1 Å². The van der Waals surface area contributed by atoms with Crippen molar-refractivity contribution < 1.29 is 14.8 Å². The fraction of sp³-hybridized carbons (Fsp3) is 0.0833. The topological polar surface area (TPSA) is 106 Å². The molecule has 0 saturated carbocycles. The number of benzene rings is 1. The van der Waals surface area contributed by atoms with E-state index in [9.17, 15) is 14.9 Å². The van der Waals surface area contributed by atoms with Crippen LogP contribution in [-0.2, 0) is 0 Å². The van der Waals surface area contributed by atoms with Gasteiger partial charge in [0, 0.05) is 4.90 Å². The summed E-state index contributed by atoms with van der Waals surface area (Å²) in [5.41, 5.74) is 0.674. The minimum absolute atomic E-state index is 0.190. The van der Waals surface area contributed by atoms with Gasteiger partial charge in [0.2, 0.25) is 0 Å². The number of aromatic nitrogens is 2. The first-order valence-corrected chi connectivity index (χ1v) is 6.27. The molecule has 20 heavy (non-hydrogen) atoms. The van der Waals surface area contributed by atoms with Crippen LogP contribution in [0.25, 0.3) is 0 Å². The summed E-state index contributed by atoms with van der Waals surface area (Å²) in [5, 5.41) is 19.8. The van der Waals surface area contributed by atoms with Crippen LogP contribution < -0.4 is 0 Å². The van der Waals surface area contributed by atoms with Crippen molar-refractivity contribution in [3.63, 3.8) is 0 Å². The van der Waals surface area contributed by atoms with Crippen LogP contribution in [-0.4, -0.2) is 26.0 Å². The molecule has 2 aromatic rings. The second-order valence-electron chi connectivity index (χ2n) is 3.86. The van der Waals surface area contributed by atoms with Gasteiger partial charge in [-0.25, -0.2) is 14.8 Å². The summed E-state index contributed by atoms with van der Waals surface area (Å²) in [6, 6.07) is 4.96. The number of carbonyl (C=O) groups is 1. The van der Waals surface area contributed by atoms with Gasteiger partial charge in [0.1, 0.15) is 12.4 Å². The van der Waals surface area contributed by atoms with Crippen molar-refractivity contribution in [2.24, 2.45) is 0 Å². The smallest absolute Gasteiger partial charge is 0.335 e. The molecule has 0 amide bonds. The van der Waals surface area contributed by atoms with E-state index in [-0.39, 0.29) is 11.3 Å². The van der Waals surface area contributed by atoms with Crippen LogP contribution in [0.4, 0.5) is 5.69 Å². The molecule has 8 heteroatoms. The van der Waals surface area contributed by atoms with Crippen molar-refractivity contribution in [1.29, 1.82) is 0 Å². The zero-order chi connectivity index (χ0) is 14.7. The maximum Gasteiger partial charge on any atom is 0.335 e. The van der Waals surface area contributed by atoms with Crippen LogP contribution >= 0.6 is 11.8 Å². The number of rotatable bonds is 4. The molecule has 0 fully saturated rings. The highest BCUT2D eigenvalue weighted by atomic mass is 32.2. The fourth-order valence-electron chi connectivity index (χ4n) is 1.46. The number of aryl methyl sites for hydroxylation is 1. The van der Waals surface area contributed by atoms with E-state index in [1.54, 1.807) is 19.1 Å². The Morgan fingerprint density at radius 2 is 2.00 bits per heavy atom. The number of carboxylic acids is 1. The van der Waals surface area contributed by atoms with E-state index in [1.807, 2.05) is 0 Å². The quantitative estimate of drug-likeness (QED) is 0.524. The van der Waals surface area contributed by atoms with E-state index >= 15 is 0 Å². The van der Waals surface area contributed by atoms with Gasteiger partial charge in [-0.15, -0.1) is 0 Å². The zero-order valence-electron chi connectivity index (χ0n) is 10.3. The summed E-state index contributed by atoms with van der Waals surface area (Å²) in [4.78, 5) is 29.3. The highest BCUT2D eigenvalue weighted by molar-refractivity contribution is 7.99. The van der Waals surface area contributed by atoms with Crippen molar-refractivity contribution in [2.45, 2.75) is 17.0 Å². The van der Waals surface area contributed by atoms with E-state index in [1.165, 1.54) is 6.07 Å². The molecule has 0 aliphatic carbocycles. The largest absolute Gasteiger partial charge is 0.478 e. The molecular weight excluding hydrogens is 282 g/mol. The van der Waals surface area contributed by atoms with Crippen LogP contribution in [0, 0.1) is 17.0 Å². The van der Waals surface area contributed by atoms with Crippen LogP contribution in [0.1, 0.15) is 15.9 Å². The lowest BCUT2D eigenvalue weighted by molar-refractivity contribution is -0.385. The Morgan fingerprint density at radius 3 is 2.55 bits per heavy atom. The molecule has 1 N–H and O–H groups in total. The van der Waals surface area contributed by atoms with Crippen molar-refractivity contribution in [1.82, 2.24) is 9.97 Å². The summed E-state index contributed by atoms with van der Waals surface area (Å²) in [7, 11) is 0. The average molecular weight is 291 g/mol. The standard InChI is InChI=1S/C12H9N3O4S/c1-7-2-3-9(4-10(7)11(16)17)20-12-13-5-8(6-14-12)15(18)19/h2-6H,1H3,(H,16,17). The number of aromatic carboxylic acids is 1. The fourth-order valence-corrected chi connectivity index (χ4v) is 2.19. The molecule has 7 nitrogen and oxygen atoms in total. The van der Waals surface area contributed by atoms with E-state index in [0.717, 1.165) is 24.2 Å². The first kappa shape index (κ1) is 13.9. The molecule has 0 saturated heterocycles. The second-order valence-corrected chi connectivity index (χ2v) is 4.91. The molecule has 0 bridgehead atoms. The third kappa shape index (κ3) is 3.09. The minimum atomic E-state index is -1.01. The predicted molar refractivity (Wildman–Crippen MR) is 70.9 cm³/mol. The lowest BCUT2D eigenvalue weighted by Crippen LogP contribution is -1.99. The molecule has 2 rings (SSSR count). The first-order valence-electron chi connectivity index (χ1n) is 5.45. The Bertz CT molecular complexity index is 673. The van der Waals surface area contributed by atoms with Gasteiger partial charge in [0.15, 0.2) is 5.16 Å². The molecule has 1 aromatic heterocycles. The molecule has 0 aliphatic rings. The van der Waals surface area contributed by atoms with Crippen molar-refractivity contribution in [3.8, 4) is 0 Å². The summed E-state index contributed by atoms with van der Waals surface area (Å²) < 4.78 is 0. The molecule has 1 aromatic carbocycles. The van der Waals surface area contributed by atoms with Crippen LogP contribution in [0.5, 0.6) is 0 Å². The number of carboxylic acid groups (broad SMARTS) is 1. The van der Waals surface area contributed by atoms with E-state index in [0.29, 0.717) is 15.6 Å². The van der Waals surface area contributed by atoms with Crippen LogP contribution in [0.3, 0.4) is 0 Å². The summed E-state index contributed by atoms with van der Waals surface area (Å²) >= 11 is 1.14. The lowest BCUT2D eigenvalue weighted by atomic mass is 10.1. The summed E-state index contributed by atoms with van der Waals surface area (Å²) in [6.07, 6.45) is 2.23. The molecule has 0 unspecified atom stereocenters. The van der Waals surface area contributed by atoms with Gasteiger partial charge in [-0.1, -0.05) is 6.07 Å². The monoisotopic (exact) mass is 291 g/mol. The van der Waals surface area contributed by atoms with Gasteiger partial charge in [-0.2, -0.15) is 0 Å². The number of hydrogen-bond acceptors (Lipinski definition) is 6. The van der Waals surface area contributed by atoms with Gasteiger partial charge in [-0.05, 0) is 36.4 Å². The molecule has 1 heterocycles. The molecule has 0 spiro atoms. The number of hydrogen-bond donors (Lipinski definition) is 1. The third-order valence-electron chi connectivity index (χ3n) is 2.47. The lowest BCUT2D eigenvalue weighted by Gasteiger charge is -2.04. The Morgan fingerprint density at radius 1 is 1.35 bits per heavy atom. The zero-order valence-corrected chi connectivity index (χ0v) is 11.1. The van der Waals surface area contributed by atoms with E-state index in [4.69, 9.17) is 5.11 Å². The maximum absolute atomic E-state index is 11.0. The molecule has 102 valence electrons. The normalized spacial score (nSPS) is 10.2.